The van der Waals surface area contributed by atoms with Gasteiger partial charge in [-0.05, 0) is 32.2 Å². The first-order chi connectivity index (χ1) is 6.34. The van der Waals surface area contributed by atoms with Crippen molar-refractivity contribution in [2.24, 2.45) is 5.92 Å². The van der Waals surface area contributed by atoms with Gasteiger partial charge in [-0.2, -0.15) is 0 Å². The first kappa shape index (κ1) is 7.56. The minimum atomic E-state index is 0.598. The summed E-state index contributed by atoms with van der Waals surface area (Å²) in [5, 5.41) is 7.48. The molecule has 1 N–H and O–H groups in total. The second kappa shape index (κ2) is 2.58. The summed E-state index contributed by atoms with van der Waals surface area (Å²) >= 11 is 0. The standard InChI is InChI=1S/C10H14N2O/c1-6-4-9(13-12-6)10-7-2-3-8(10)11-5-7/h4,7-8,10-11H,2-3,5H2,1H3/t7-,8-,10+/m1/s1. The molecule has 0 spiro atoms. The molecule has 3 rings (SSSR count). The number of hydrogen-bond donors (Lipinski definition) is 1. The zero-order valence-corrected chi connectivity index (χ0v) is 7.79. The van der Waals surface area contributed by atoms with E-state index in [1.54, 1.807) is 0 Å². The first-order valence-corrected chi connectivity index (χ1v) is 5.01. The van der Waals surface area contributed by atoms with E-state index < -0.39 is 0 Å². The molecule has 13 heavy (non-hydrogen) atoms. The lowest BCUT2D eigenvalue weighted by Gasteiger charge is -2.09. The third-order valence-electron chi connectivity index (χ3n) is 3.41. The summed E-state index contributed by atoms with van der Waals surface area (Å²) in [5.41, 5.74) is 1.00. The molecule has 0 amide bonds. The van der Waals surface area contributed by atoms with E-state index in [4.69, 9.17) is 4.52 Å². The normalized spacial score (nSPS) is 37.2. The quantitative estimate of drug-likeness (QED) is 0.707. The molecule has 2 aliphatic rings. The van der Waals surface area contributed by atoms with Crippen LogP contribution in [-0.2, 0) is 0 Å². The molecule has 3 nitrogen and oxygen atoms in total. The van der Waals surface area contributed by atoms with Crippen LogP contribution >= 0.6 is 0 Å². The van der Waals surface area contributed by atoms with Gasteiger partial charge in [-0.25, -0.2) is 0 Å². The van der Waals surface area contributed by atoms with Gasteiger partial charge >= 0.3 is 0 Å². The number of aromatic nitrogens is 1. The molecule has 1 aromatic heterocycles. The lowest BCUT2D eigenvalue weighted by molar-refractivity contribution is 0.343. The monoisotopic (exact) mass is 178 g/mol. The van der Waals surface area contributed by atoms with Gasteiger partial charge in [-0.15, -0.1) is 0 Å². The fourth-order valence-corrected chi connectivity index (χ4v) is 2.81. The smallest absolute Gasteiger partial charge is 0.141 e. The Balaban J connectivity index is 1.93. The Morgan fingerprint density at radius 3 is 2.92 bits per heavy atom. The van der Waals surface area contributed by atoms with E-state index in [1.165, 1.54) is 12.8 Å². The topological polar surface area (TPSA) is 38.1 Å². The van der Waals surface area contributed by atoms with E-state index in [0.717, 1.165) is 23.9 Å². The minimum Gasteiger partial charge on any atom is -0.361 e. The number of piperidine rings is 1. The van der Waals surface area contributed by atoms with Crippen LogP contribution in [0.15, 0.2) is 10.6 Å². The number of nitrogens with one attached hydrogen (secondary N) is 1. The highest BCUT2D eigenvalue weighted by atomic mass is 16.5. The first-order valence-electron chi connectivity index (χ1n) is 5.01. The molecular formula is C10H14N2O. The van der Waals surface area contributed by atoms with Crippen LogP contribution in [0.2, 0.25) is 0 Å². The molecule has 1 saturated heterocycles. The van der Waals surface area contributed by atoms with Crippen molar-refractivity contribution in [1.82, 2.24) is 10.5 Å². The van der Waals surface area contributed by atoms with Crippen molar-refractivity contribution in [3.05, 3.63) is 17.5 Å². The average Bonchev–Trinajstić information content (AvgIpc) is 2.78. The Morgan fingerprint density at radius 2 is 2.46 bits per heavy atom. The van der Waals surface area contributed by atoms with Crippen molar-refractivity contribution in [3.63, 3.8) is 0 Å². The lowest BCUT2D eigenvalue weighted by Crippen LogP contribution is -2.25. The summed E-state index contributed by atoms with van der Waals surface area (Å²) in [6, 6.07) is 2.74. The summed E-state index contributed by atoms with van der Waals surface area (Å²) < 4.78 is 5.34. The molecule has 2 heterocycles. The molecule has 2 bridgehead atoms. The van der Waals surface area contributed by atoms with Gasteiger partial charge in [-0.3, -0.25) is 0 Å². The summed E-state index contributed by atoms with van der Waals surface area (Å²) in [7, 11) is 0. The Morgan fingerprint density at radius 1 is 1.54 bits per heavy atom. The molecule has 3 heteroatoms. The number of fused-ring (bicyclic) bond motifs is 2. The van der Waals surface area contributed by atoms with Crippen LogP contribution in [0.25, 0.3) is 0 Å². The fraction of sp³-hybridized carbons (Fsp3) is 0.700. The molecule has 1 aliphatic heterocycles. The van der Waals surface area contributed by atoms with Gasteiger partial charge < -0.3 is 9.84 Å². The Labute approximate surface area is 77.5 Å². The molecule has 1 saturated carbocycles. The number of nitrogens with zero attached hydrogens (tertiary/aromatic N) is 1. The van der Waals surface area contributed by atoms with Crippen molar-refractivity contribution in [2.45, 2.75) is 31.7 Å². The Kier molecular flexibility index (Phi) is 1.50. The van der Waals surface area contributed by atoms with Crippen LogP contribution in [0.4, 0.5) is 0 Å². The third kappa shape index (κ3) is 1.03. The van der Waals surface area contributed by atoms with Gasteiger partial charge in [0, 0.05) is 18.0 Å². The maximum Gasteiger partial charge on any atom is 0.141 e. The molecule has 70 valence electrons. The van der Waals surface area contributed by atoms with E-state index in [9.17, 15) is 0 Å². The highest BCUT2D eigenvalue weighted by Crippen LogP contribution is 2.43. The Bertz CT molecular complexity index is 300. The summed E-state index contributed by atoms with van der Waals surface area (Å²) in [4.78, 5) is 0. The van der Waals surface area contributed by atoms with Crippen LogP contribution in [-0.4, -0.2) is 17.7 Å². The molecule has 1 aliphatic carbocycles. The number of rotatable bonds is 1. The van der Waals surface area contributed by atoms with Gasteiger partial charge in [0.25, 0.3) is 0 Å². The van der Waals surface area contributed by atoms with Crippen molar-refractivity contribution >= 4 is 0 Å². The third-order valence-corrected chi connectivity index (χ3v) is 3.41. The van der Waals surface area contributed by atoms with Gasteiger partial charge in [0.2, 0.25) is 0 Å². The molecule has 0 radical (unpaired) electrons. The predicted octanol–water partition coefficient (Wildman–Crippen LogP) is 1.45. The minimum absolute atomic E-state index is 0.598. The zero-order valence-electron chi connectivity index (χ0n) is 7.79. The van der Waals surface area contributed by atoms with Crippen LogP contribution in [0, 0.1) is 12.8 Å². The van der Waals surface area contributed by atoms with Gasteiger partial charge in [0.15, 0.2) is 0 Å². The summed E-state index contributed by atoms with van der Waals surface area (Å²) in [6.07, 6.45) is 2.65. The molecule has 0 aromatic carbocycles. The lowest BCUT2D eigenvalue weighted by atomic mass is 9.95. The van der Waals surface area contributed by atoms with Gasteiger partial charge in [0.1, 0.15) is 5.76 Å². The highest BCUT2D eigenvalue weighted by Gasteiger charge is 2.44. The van der Waals surface area contributed by atoms with Crippen LogP contribution in [0.1, 0.15) is 30.2 Å². The summed E-state index contributed by atoms with van der Waals surface area (Å²) in [6.45, 7) is 3.15. The number of aryl methyl sites for hydroxylation is 1. The van der Waals surface area contributed by atoms with Crippen molar-refractivity contribution in [3.8, 4) is 0 Å². The van der Waals surface area contributed by atoms with Crippen molar-refractivity contribution in [2.75, 3.05) is 6.54 Å². The molecular weight excluding hydrogens is 164 g/mol. The van der Waals surface area contributed by atoms with E-state index in [0.29, 0.717) is 12.0 Å². The maximum absolute atomic E-state index is 5.34. The fourth-order valence-electron chi connectivity index (χ4n) is 2.81. The SMILES string of the molecule is Cc1cc([C@H]2[C@@H]3CC[C@H]2NC3)on1. The highest BCUT2D eigenvalue weighted by molar-refractivity contribution is 5.18. The zero-order chi connectivity index (χ0) is 8.84. The van der Waals surface area contributed by atoms with E-state index >= 15 is 0 Å². The van der Waals surface area contributed by atoms with Crippen LogP contribution in [0.5, 0.6) is 0 Å². The van der Waals surface area contributed by atoms with E-state index in [-0.39, 0.29) is 0 Å². The van der Waals surface area contributed by atoms with E-state index in [2.05, 4.69) is 16.5 Å². The van der Waals surface area contributed by atoms with Crippen LogP contribution in [0.3, 0.4) is 0 Å². The number of hydrogen-bond acceptors (Lipinski definition) is 3. The largest absolute Gasteiger partial charge is 0.361 e. The maximum atomic E-state index is 5.34. The summed E-state index contributed by atoms with van der Waals surface area (Å²) in [5.74, 6) is 2.48. The Hall–Kier alpha value is -0.830. The predicted molar refractivity (Wildman–Crippen MR) is 48.5 cm³/mol. The average molecular weight is 178 g/mol. The second-order valence-electron chi connectivity index (χ2n) is 4.25. The second-order valence-corrected chi connectivity index (χ2v) is 4.25. The molecule has 1 aromatic rings. The van der Waals surface area contributed by atoms with Crippen molar-refractivity contribution in [1.29, 1.82) is 0 Å². The molecule has 2 fully saturated rings. The van der Waals surface area contributed by atoms with Gasteiger partial charge in [0.05, 0.1) is 5.69 Å². The van der Waals surface area contributed by atoms with Gasteiger partial charge in [-0.1, -0.05) is 5.16 Å². The molecule has 3 atom stereocenters. The van der Waals surface area contributed by atoms with Crippen LogP contribution < -0.4 is 5.32 Å². The van der Waals surface area contributed by atoms with Crippen molar-refractivity contribution < 1.29 is 4.52 Å². The van der Waals surface area contributed by atoms with E-state index in [1.807, 2.05) is 6.92 Å². The molecule has 0 unspecified atom stereocenters.